The first-order valence-corrected chi connectivity index (χ1v) is 4.34. The van der Waals surface area contributed by atoms with Gasteiger partial charge in [-0.2, -0.15) is 5.10 Å². The summed E-state index contributed by atoms with van der Waals surface area (Å²) in [7, 11) is 0. The Morgan fingerprint density at radius 1 is 1.64 bits per heavy atom. The topological polar surface area (TPSA) is 52.9 Å². The quantitative estimate of drug-likeness (QED) is 0.401. The normalized spacial score (nSPS) is 10.9. The van der Waals surface area contributed by atoms with Crippen molar-refractivity contribution in [3.05, 3.63) is 23.9 Å². The van der Waals surface area contributed by atoms with Gasteiger partial charge in [-0.15, -0.1) is 0 Å². The van der Waals surface area contributed by atoms with E-state index in [2.05, 4.69) is 18.4 Å². The van der Waals surface area contributed by atoms with Crippen molar-refractivity contribution in [2.45, 2.75) is 20.3 Å². The molecule has 1 N–H and O–H groups in total. The highest BCUT2D eigenvalue weighted by Gasteiger charge is 2.10. The Labute approximate surface area is 84.2 Å². The van der Waals surface area contributed by atoms with Crippen molar-refractivity contribution in [1.29, 1.82) is 0 Å². The van der Waals surface area contributed by atoms with Gasteiger partial charge in [0.15, 0.2) is 0 Å². The number of hydrogen-bond acceptors (Lipinski definition) is 3. The van der Waals surface area contributed by atoms with Crippen LogP contribution in [0.4, 0.5) is 0 Å². The van der Waals surface area contributed by atoms with Crippen LogP contribution in [0.1, 0.15) is 20.3 Å². The summed E-state index contributed by atoms with van der Waals surface area (Å²) in [6.45, 7) is 10.7. The number of hydrazone groups is 1. The van der Waals surface area contributed by atoms with E-state index in [0.29, 0.717) is 5.70 Å². The molecular weight excluding hydrogens is 180 g/mol. The van der Waals surface area contributed by atoms with Crippen LogP contribution >= 0.6 is 0 Å². The van der Waals surface area contributed by atoms with E-state index in [1.165, 1.54) is 5.01 Å². The lowest BCUT2D eigenvalue weighted by Gasteiger charge is -2.19. The lowest BCUT2D eigenvalue weighted by molar-refractivity contribution is -0.137. The van der Waals surface area contributed by atoms with Crippen LogP contribution < -0.4 is 0 Å². The van der Waals surface area contributed by atoms with Crippen LogP contribution in [-0.4, -0.2) is 29.3 Å². The van der Waals surface area contributed by atoms with Crippen LogP contribution in [-0.2, 0) is 4.79 Å². The Kier molecular flexibility index (Phi) is 5.29. The first-order chi connectivity index (χ1) is 6.52. The van der Waals surface area contributed by atoms with Gasteiger partial charge in [0.2, 0.25) is 0 Å². The maximum Gasteiger partial charge on any atom is 0.325 e. The van der Waals surface area contributed by atoms with E-state index in [0.717, 1.165) is 12.0 Å². The number of hydrogen-bond donors (Lipinski definition) is 1. The second kappa shape index (κ2) is 5.96. The van der Waals surface area contributed by atoms with Crippen molar-refractivity contribution in [3.8, 4) is 0 Å². The fourth-order valence-corrected chi connectivity index (χ4v) is 0.986. The molecule has 0 fully saturated rings. The third-order valence-electron chi connectivity index (χ3n) is 1.73. The zero-order chi connectivity index (χ0) is 11.1. The molecule has 0 saturated carbocycles. The molecule has 0 heterocycles. The molecule has 4 heteroatoms. The molecule has 0 aromatic rings. The molecule has 0 radical (unpaired) electrons. The summed E-state index contributed by atoms with van der Waals surface area (Å²) in [5, 5.41) is 13.4. The zero-order valence-corrected chi connectivity index (χ0v) is 8.66. The second-order valence-electron chi connectivity index (χ2n) is 2.83. The first kappa shape index (κ1) is 12.4. The van der Waals surface area contributed by atoms with Crippen molar-refractivity contribution in [2.75, 3.05) is 6.54 Å². The maximum absolute atomic E-state index is 10.5. The van der Waals surface area contributed by atoms with Crippen LogP contribution in [0, 0.1) is 0 Å². The van der Waals surface area contributed by atoms with E-state index in [1.807, 2.05) is 19.9 Å². The Bertz CT molecular complexity index is 269. The summed E-state index contributed by atoms with van der Waals surface area (Å²) >= 11 is 0. The monoisotopic (exact) mass is 196 g/mol. The van der Waals surface area contributed by atoms with Crippen LogP contribution in [0.3, 0.4) is 0 Å². The Hall–Kier alpha value is -1.58. The fraction of sp³-hybridized carbons (Fsp3) is 0.400. The van der Waals surface area contributed by atoms with Crippen molar-refractivity contribution in [2.24, 2.45) is 5.10 Å². The van der Waals surface area contributed by atoms with E-state index in [9.17, 15) is 4.79 Å². The minimum atomic E-state index is -0.956. The summed E-state index contributed by atoms with van der Waals surface area (Å²) in [4.78, 5) is 10.5. The van der Waals surface area contributed by atoms with Gasteiger partial charge in [0.25, 0.3) is 0 Å². The van der Waals surface area contributed by atoms with Crippen LogP contribution in [0.15, 0.2) is 29.0 Å². The highest BCUT2D eigenvalue weighted by atomic mass is 16.4. The summed E-state index contributed by atoms with van der Waals surface area (Å²) in [5.74, 6) is -0.956. The second-order valence-corrected chi connectivity index (χ2v) is 2.83. The number of rotatable bonds is 6. The average Bonchev–Trinajstić information content (AvgIpc) is 2.13. The van der Waals surface area contributed by atoms with Crippen LogP contribution in [0.5, 0.6) is 0 Å². The zero-order valence-electron chi connectivity index (χ0n) is 8.66. The van der Waals surface area contributed by atoms with Gasteiger partial charge in [-0.25, -0.2) is 0 Å². The van der Waals surface area contributed by atoms with E-state index in [1.54, 1.807) is 0 Å². The highest BCUT2D eigenvalue weighted by molar-refractivity contribution is 5.69. The Morgan fingerprint density at radius 2 is 2.21 bits per heavy atom. The van der Waals surface area contributed by atoms with Gasteiger partial charge in [0.1, 0.15) is 6.54 Å². The minimum absolute atomic E-state index is 0.211. The molecule has 4 nitrogen and oxygen atoms in total. The highest BCUT2D eigenvalue weighted by Crippen LogP contribution is 2.13. The minimum Gasteiger partial charge on any atom is -0.480 e. The summed E-state index contributed by atoms with van der Waals surface area (Å²) in [6, 6.07) is 0. The van der Waals surface area contributed by atoms with E-state index in [-0.39, 0.29) is 6.54 Å². The molecule has 0 rings (SSSR count). The first-order valence-electron chi connectivity index (χ1n) is 4.34. The third-order valence-corrected chi connectivity index (χ3v) is 1.73. The van der Waals surface area contributed by atoms with Gasteiger partial charge >= 0.3 is 5.97 Å². The van der Waals surface area contributed by atoms with Gasteiger partial charge in [-0.3, -0.25) is 9.80 Å². The lowest BCUT2D eigenvalue weighted by atomic mass is 10.2. The molecule has 78 valence electrons. The fourth-order valence-electron chi connectivity index (χ4n) is 0.986. The number of carboxylic acid groups (broad SMARTS) is 1. The SMILES string of the molecule is C=NN(CC(=O)O)C(=C)/C(C)=C\CC. The number of allylic oxidation sites excluding steroid dienone is 2. The molecule has 0 saturated heterocycles. The van der Waals surface area contributed by atoms with Crippen molar-refractivity contribution < 1.29 is 9.90 Å². The Balaban J connectivity index is 4.54. The van der Waals surface area contributed by atoms with Gasteiger partial charge in [-0.05, 0) is 18.9 Å². The molecule has 0 unspecified atom stereocenters. The summed E-state index contributed by atoms with van der Waals surface area (Å²) in [6.07, 6.45) is 2.84. The summed E-state index contributed by atoms with van der Waals surface area (Å²) in [5.41, 5.74) is 1.49. The van der Waals surface area contributed by atoms with Crippen molar-refractivity contribution >= 4 is 12.7 Å². The standard InChI is InChI=1S/C10H16N2O2/c1-5-6-8(2)9(3)12(11-4)7-10(13)14/h6H,3-5,7H2,1-2H3,(H,13,14)/b8-6-. The predicted molar refractivity (Wildman–Crippen MR) is 57.1 cm³/mol. The molecular formula is C10H16N2O2. The van der Waals surface area contributed by atoms with Crippen LogP contribution in [0.25, 0.3) is 0 Å². The number of aliphatic carboxylic acids is 1. The molecule has 0 amide bonds. The molecule has 0 aromatic heterocycles. The molecule has 0 aliphatic heterocycles. The van der Waals surface area contributed by atoms with E-state index in [4.69, 9.17) is 5.11 Å². The molecule has 0 aliphatic rings. The number of carbonyl (C=O) groups is 1. The van der Waals surface area contributed by atoms with Gasteiger partial charge in [-0.1, -0.05) is 19.6 Å². The van der Waals surface area contributed by atoms with Gasteiger partial charge in [0, 0.05) is 6.72 Å². The van der Waals surface area contributed by atoms with E-state index < -0.39 is 5.97 Å². The molecule has 0 aliphatic carbocycles. The largest absolute Gasteiger partial charge is 0.480 e. The maximum atomic E-state index is 10.5. The predicted octanol–water partition coefficient (Wildman–Crippen LogP) is 1.86. The van der Waals surface area contributed by atoms with Gasteiger partial charge < -0.3 is 5.11 Å². The average molecular weight is 196 g/mol. The molecule has 0 spiro atoms. The Morgan fingerprint density at radius 3 is 2.57 bits per heavy atom. The molecule has 0 aromatic carbocycles. The van der Waals surface area contributed by atoms with Gasteiger partial charge in [0.05, 0.1) is 5.70 Å². The molecule has 0 atom stereocenters. The summed E-state index contributed by atoms with van der Waals surface area (Å²) < 4.78 is 0. The number of nitrogens with zero attached hydrogens (tertiary/aromatic N) is 2. The molecule has 14 heavy (non-hydrogen) atoms. The molecule has 0 bridgehead atoms. The number of carboxylic acids is 1. The lowest BCUT2D eigenvalue weighted by Crippen LogP contribution is -2.24. The van der Waals surface area contributed by atoms with Crippen molar-refractivity contribution in [3.63, 3.8) is 0 Å². The van der Waals surface area contributed by atoms with E-state index >= 15 is 0 Å². The van der Waals surface area contributed by atoms with Crippen molar-refractivity contribution in [1.82, 2.24) is 5.01 Å². The third kappa shape index (κ3) is 3.89. The van der Waals surface area contributed by atoms with Crippen LogP contribution in [0.2, 0.25) is 0 Å². The smallest absolute Gasteiger partial charge is 0.325 e.